The van der Waals surface area contributed by atoms with Gasteiger partial charge in [0, 0.05) is 20.7 Å². The summed E-state index contributed by atoms with van der Waals surface area (Å²) in [6.07, 6.45) is 0. The van der Waals surface area contributed by atoms with E-state index in [4.69, 9.17) is 11.6 Å². The Morgan fingerprint density at radius 2 is 1.52 bits per heavy atom. The van der Waals surface area contributed by atoms with Crippen LogP contribution in [-0.4, -0.2) is 11.9 Å². The van der Waals surface area contributed by atoms with Crippen molar-refractivity contribution in [2.45, 2.75) is 0 Å². The summed E-state index contributed by atoms with van der Waals surface area (Å²) in [4.78, 5) is 23.4. The van der Waals surface area contributed by atoms with Crippen LogP contribution in [0.3, 0.4) is 0 Å². The highest BCUT2D eigenvalue weighted by atomic mass is 79.9. The molecule has 3 amide bonds. The van der Waals surface area contributed by atoms with Crippen LogP contribution in [0.5, 0.6) is 0 Å². The quantitative estimate of drug-likeness (QED) is 0.709. The number of rotatable bonds is 2. The number of amides is 3. The van der Waals surface area contributed by atoms with E-state index < -0.39 is 11.9 Å². The van der Waals surface area contributed by atoms with E-state index in [1.807, 2.05) is 0 Å². The maximum Gasteiger partial charge on any atom is 0.337 e. The third kappa shape index (κ3) is 4.77. The Balaban J connectivity index is 1.84. The maximum atomic E-state index is 11.8. The van der Waals surface area contributed by atoms with E-state index in [1.54, 1.807) is 48.5 Å². The molecule has 0 atom stereocenters. The number of halogens is 2. The smallest absolute Gasteiger partial charge is 0.307 e. The molecule has 0 bridgehead atoms. The van der Waals surface area contributed by atoms with Crippen molar-refractivity contribution >= 4 is 45.2 Å². The zero-order valence-electron chi connectivity index (χ0n) is 10.7. The minimum Gasteiger partial charge on any atom is -0.307 e. The molecule has 2 aromatic carbocycles. The lowest BCUT2D eigenvalue weighted by atomic mass is 10.2. The van der Waals surface area contributed by atoms with Gasteiger partial charge < -0.3 is 5.32 Å². The van der Waals surface area contributed by atoms with Gasteiger partial charge in [-0.05, 0) is 48.5 Å². The number of urea groups is 1. The molecule has 0 radical (unpaired) electrons. The van der Waals surface area contributed by atoms with Gasteiger partial charge in [-0.1, -0.05) is 27.5 Å². The second-order valence-electron chi connectivity index (χ2n) is 4.05. The Morgan fingerprint density at radius 1 is 0.905 bits per heavy atom. The zero-order valence-corrected chi connectivity index (χ0v) is 13.0. The van der Waals surface area contributed by atoms with Gasteiger partial charge in [0.15, 0.2) is 0 Å². The van der Waals surface area contributed by atoms with E-state index in [0.29, 0.717) is 16.3 Å². The number of hydrogen-bond donors (Lipinski definition) is 3. The molecule has 0 aliphatic carbocycles. The van der Waals surface area contributed by atoms with E-state index in [1.165, 1.54) is 0 Å². The number of benzene rings is 2. The van der Waals surface area contributed by atoms with E-state index in [2.05, 4.69) is 32.1 Å². The third-order valence-electron chi connectivity index (χ3n) is 2.50. The molecule has 0 aromatic heterocycles. The lowest BCUT2D eigenvalue weighted by Gasteiger charge is -2.09. The summed E-state index contributed by atoms with van der Waals surface area (Å²) in [7, 11) is 0. The number of carbonyl (C=O) groups excluding carboxylic acids is 2. The highest BCUT2D eigenvalue weighted by Gasteiger charge is 2.07. The van der Waals surface area contributed by atoms with Crippen molar-refractivity contribution in [2.24, 2.45) is 0 Å². The molecule has 0 aliphatic heterocycles. The molecule has 2 aromatic rings. The molecule has 0 saturated heterocycles. The first-order valence-electron chi connectivity index (χ1n) is 5.93. The van der Waals surface area contributed by atoms with Gasteiger partial charge in [-0.25, -0.2) is 10.2 Å². The fourth-order valence-electron chi connectivity index (χ4n) is 1.48. The highest BCUT2D eigenvalue weighted by molar-refractivity contribution is 9.10. The Kier molecular flexibility index (Phi) is 5.19. The molecule has 3 N–H and O–H groups in total. The number of nitrogens with one attached hydrogen (secondary N) is 3. The fourth-order valence-corrected chi connectivity index (χ4v) is 1.87. The first-order valence-corrected chi connectivity index (χ1v) is 7.10. The molecule has 0 spiro atoms. The Hall–Kier alpha value is -2.05. The van der Waals surface area contributed by atoms with Crippen LogP contribution in [0, 0.1) is 0 Å². The highest BCUT2D eigenvalue weighted by Crippen LogP contribution is 2.13. The van der Waals surface area contributed by atoms with Gasteiger partial charge in [-0.2, -0.15) is 0 Å². The average Bonchev–Trinajstić information content (AvgIpc) is 2.48. The first-order chi connectivity index (χ1) is 10.0. The lowest BCUT2D eigenvalue weighted by Crippen LogP contribution is -2.43. The van der Waals surface area contributed by atoms with Crippen LogP contribution in [-0.2, 0) is 0 Å². The third-order valence-corrected chi connectivity index (χ3v) is 3.28. The minimum absolute atomic E-state index is 0.409. The second-order valence-corrected chi connectivity index (χ2v) is 5.40. The monoisotopic (exact) mass is 367 g/mol. The summed E-state index contributed by atoms with van der Waals surface area (Å²) >= 11 is 9.02. The molecule has 0 saturated carbocycles. The predicted octanol–water partition coefficient (Wildman–Crippen LogP) is 3.57. The van der Waals surface area contributed by atoms with Crippen molar-refractivity contribution in [3.63, 3.8) is 0 Å². The molecular weight excluding hydrogens is 358 g/mol. The van der Waals surface area contributed by atoms with E-state index in [9.17, 15) is 9.59 Å². The van der Waals surface area contributed by atoms with Crippen molar-refractivity contribution in [3.8, 4) is 0 Å². The molecule has 0 fully saturated rings. The van der Waals surface area contributed by atoms with Crippen molar-refractivity contribution in [1.29, 1.82) is 0 Å². The summed E-state index contributed by atoms with van der Waals surface area (Å²) in [6, 6.07) is 12.8. The molecule has 5 nitrogen and oxygen atoms in total. The van der Waals surface area contributed by atoms with Gasteiger partial charge in [0.25, 0.3) is 5.91 Å². The normalized spacial score (nSPS) is 9.81. The average molecular weight is 369 g/mol. The fraction of sp³-hybridized carbons (Fsp3) is 0. The summed E-state index contributed by atoms with van der Waals surface area (Å²) in [5.41, 5.74) is 5.57. The van der Waals surface area contributed by atoms with Gasteiger partial charge in [0.05, 0.1) is 0 Å². The van der Waals surface area contributed by atoms with E-state index in [0.717, 1.165) is 4.47 Å². The summed E-state index contributed by atoms with van der Waals surface area (Å²) in [5.74, 6) is -0.409. The largest absolute Gasteiger partial charge is 0.337 e. The lowest BCUT2D eigenvalue weighted by molar-refractivity contribution is 0.0938. The Bertz CT molecular complexity index is 644. The minimum atomic E-state index is -0.553. The summed E-state index contributed by atoms with van der Waals surface area (Å²) in [5, 5.41) is 3.13. The van der Waals surface area contributed by atoms with Gasteiger partial charge in [0.2, 0.25) is 0 Å². The molecule has 0 unspecified atom stereocenters. The number of carbonyl (C=O) groups is 2. The van der Waals surface area contributed by atoms with Crippen molar-refractivity contribution < 1.29 is 9.59 Å². The first kappa shape index (κ1) is 15.3. The number of anilines is 1. The summed E-state index contributed by atoms with van der Waals surface area (Å²) < 4.78 is 0.868. The van der Waals surface area contributed by atoms with Gasteiger partial charge in [-0.15, -0.1) is 0 Å². The molecule has 0 heterocycles. The van der Waals surface area contributed by atoms with Crippen LogP contribution >= 0.6 is 27.5 Å². The molecule has 2 rings (SSSR count). The van der Waals surface area contributed by atoms with Crippen molar-refractivity contribution in [3.05, 3.63) is 63.6 Å². The molecule has 21 heavy (non-hydrogen) atoms. The zero-order chi connectivity index (χ0) is 15.2. The van der Waals surface area contributed by atoms with Crippen LogP contribution in [0.15, 0.2) is 53.0 Å². The van der Waals surface area contributed by atoms with Crippen LogP contribution in [0.1, 0.15) is 10.4 Å². The Labute approximate surface area is 134 Å². The van der Waals surface area contributed by atoms with Gasteiger partial charge in [0.1, 0.15) is 0 Å². The standard InChI is InChI=1S/C14H11BrClN3O2/c15-10-3-1-9(2-4-10)13(20)18-19-14(21)17-12-7-5-11(16)6-8-12/h1-8H,(H,18,20)(H2,17,19,21). The topological polar surface area (TPSA) is 70.2 Å². The van der Waals surface area contributed by atoms with Crippen LogP contribution < -0.4 is 16.2 Å². The van der Waals surface area contributed by atoms with E-state index in [-0.39, 0.29) is 0 Å². The molecule has 7 heteroatoms. The van der Waals surface area contributed by atoms with Crippen LogP contribution in [0.25, 0.3) is 0 Å². The molecular formula is C14H11BrClN3O2. The van der Waals surface area contributed by atoms with Crippen LogP contribution in [0.2, 0.25) is 5.02 Å². The van der Waals surface area contributed by atoms with Crippen molar-refractivity contribution in [1.82, 2.24) is 10.9 Å². The molecule has 0 aliphatic rings. The number of hydrogen-bond acceptors (Lipinski definition) is 2. The molecule has 108 valence electrons. The number of hydrazine groups is 1. The van der Waals surface area contributed by atoms with Crippen molar-refractivity contribution in [2.75, 3.05) is 5.32 Å². The maximum absolute atomic E-state index is 11.8. The van der Waals surface area contributed by atoms with Gasteiger partial charge in [-0.3, -0.25) is 10.2 Å². The van der Waals surface area contributed by atoms with Gasteiger partial charge >= 0.3 is 6.03 Å². The van der Waals surface area contributed by atoms with Crippen LogP contribution in [0.4, 0.5) is 10.5 Å². The predicted molar refractivity (Wildman–Crippen MR) is 85.2 cm³/mol. The Morgan fingerprint density at radius 3 is 2.14 bits per heavy atom. The van der Waals surface area contributed by atoms with E-state index >= 15 is 0 Å². The SMILES string of the molecule is O=C(NNC(=O)c1ccc(Br)cc1)Nc1ccc(Cl)cc1. The second kappa shape index (κ2) is 7.10. The summed E-state index contributed by atoms with van der Waals surface area (Å²) in [6.45, 7) is 0.